The largest absolute Gasteiger partial charge is 0.300 e. The second-order valence-corrected chi connectivity index (χ2v) is 3.57. The summed E-state index contributed by atoms with van der Waals surface area (Å²) in [5.74, 6) is 0.704. The number of hydrogen-bond acceptors (Lipinski definition) is 1. The van der Waals surface area contributed by atoms with E-state index >= 15 is 0 Å². The number of rotatable bonds is 7. The van der Waals surface area contributed by atoms with Gasteiger partial charge in [-0.2, -0.15) is 0 Å². The number of carbonyl (C=O) groups is 1. The Balaban J connectivity index is 0. The maximum atomic E-state index is 11.0. The van der Waals surface area contributed by atoms with Gasteiger partial charge in [0, 0.05) is 5.92 Å². The van der Waals surface area contributed by atoms with E-state index in [0.29, 0.717) is 11.7 Å². The molecule has 13 heavy (non-hydrogen) atoms. The summed E-state index contributed by atoms with van der Waals surface area (Å²) in [7, 11) is 0. The molecule has 0 aliphatic rings. The van der Waals surface area contributed by atoms with Crippen molar-refractivity contribution in [2.24, 2.45) is 5.92 Å². The molecule has 0 aliphatic heterocycles. The van der Waals surface area contributed by atoms with Gasteiger partial charge in [0.1, 0.15) is 5.78 Å². The van der Waals surface area contributed by atoms with E-state index in [9.17, 15) is 4.79 Å². The van der Waals surface area contributed by atoms with Gasteiger partial charge in [0.2, 0.25) is 0 Å². The molecular formula is C11H23ClO. The van der Waals surface area contributed by atoms with Gasteiger partial charge in [0.25, 0.3) is 0 Å². The zero-order chi connectivity index (χ0) is 9.40. The normalized spacial score (nSPS) is 11.9. The van der Waals surface area contributed by atoms with Crippen molar-refractivity contribution in [1.29, 1.82) is 0 Å². The van der Waals surface area contributed by atoms with Crippen LogP contribution in [-0.4, -0.2) is 5.78 Å². The van der Waals surface area contributed by atoms with E-state index in [-0.39, 0.29) is 12.4 Å². The Morgan fingerprint density at radius 1 is 1.15 bits per heavy atom. The van der Waals surface area contributed by atoms with Gasteiger partial charge in [-0.25, -0.2) is 0 Å². The molecule has 0 saturated heterocycles. The molecule has 1 atom stereocenters. The summed E-state index contributed by atoms with van der Waals surface area (Å²) in [5.41, 5.74) is 0. The maximum Gasteiger partial charge on any atom is 0.132 e. The van der Waals surface area contributed by atoms with Crippen molar-refractivity contribution < 1.29 is 4.79 Å². The number of carbonyl (C=O) groups excluding carboxylic acids is 1. The average Bonchev–Trinajstić information content (AvgIpc) is 2.04. The van der Waals surface area contributed by atoms with E-state index in [1.165, 1.54) is 25.7 Å². The van der Waals surface area contributed by atoms with Gasteiger partial charge in [0.15, 0.2) is 0 Å². The van der Waals surface area contributed by atoms with Crippen LogP contribution < -0.4 is 0 Å². The Bertz CT molecular complexity index is 123. The first-order valence-electron chi connectivity index (χ1n) is 5.22. The molecule has 0 spiro atoms. The molecule has 0 N–H and O–H groups in total. The summed E-state index contributed by atoms with van der Waals surface area (Å²) < 4.78 is 0. The minimum Gasteiger partial charge on any atom is -0.300 e. The molecule has 0 saturated carbocycles. The standard InChI is InChI=1S/C11H22O.ClH/c1-4-6-7-8-9-11(5-2)10(3)12;/h11H,4-9H2,1-3H3;1H. The lowest BCUT2D eigenvalue weighted by molar-refractivity contribution is -0.121. The zero-order valence-corrected chi connectivity index (χ0v) is 9.95. The summed E-state index contributed by atoms with van der Waals surface area (Å²) in [6.45, 7) is 6.03. The highest BCUT2D eigenvalue weighted by Crippen LogP contribution is 2.14. The highest BCUT2D eigenvalue weighted by Gasteiger charge is 2.09. The molecule has 0 aliphatic carbocycles. The van der Waals surface area contributed by atoms with Crippen molar-refractivity contribution in [3.8, 4) is 0 Å². The van der Waals surface area contributed by atoms with Crippen LogP contribution in [0.25, 0.3) is 0 Å². The van der Waals surface area contributed by atoms with Crippen LogP contribution in [0.5, 0.6) is 0 Å². The van der Waals surface area contributed by atoms with Crippen LogP contribution in [0.1, 0.15) is 59.3 Å². The molecule has 0 bridgehead atoms. The second kappa shape index (κ2) is 10.0. The highest BCUT2D eigenvalue weighted by molar-refractivity contribution is 5.85. The smallest absolute Gasteiger partial charge is 0.132 e. The summed E-state index contributed by atoms with van der Waals surface area (Å²) in [6, 6.07) is 0. The minimum atomic E-state index is 0. The number of unbranched alkanes of at least 4 members (excludes halogenated alkanes) is 3. The molecule has 0 aromatic rings. The number of Topliss-reactive ketones (excluding diaryl/α,β-unsaturated/α-hetero) is 1. The van der Waals surface area contributed by atoms with E-state index in [1.807, 2.05) is 0 Å². The molecule has 1 nitrogen and oxygen atoms in total. The Hall–Kier alpha value is -0.0400. The molecule has 80 valence electrons. The van der Waals surface area contributed by atoms with Gasteiger partial charge in [-0.3, -0.25) is 4.79 Å². The third-order valence-corrected chi connectivity index (χ3v) is 2.47. The lowest BCUT2D eigenvalue weighted by Gasteiger charge is -2.09. The van der Waals surface area contributed by atoms with Gasteiger partial charge >= 0.3 is 0 Å². The summed E-state index contributed by atoms with van der Waals surface area (Å²) in [5, 5.41) is 0. The van der Waals surface area contributed by atoms with Crippen LogP contribution in [0.2, 0.25) is 0 Å². The third kappa shape index (κ3) is 8.29. The zero-order valence-electron chi connectivity index (χ0n) is 9.14. The van der Waals surface area contributed by atoms with Gasteiger partial charge in [-0.1, -0.05) is 39.5 Å². The molecule has 0 heterocycles. The van der Waals surface area contributed by atoms with Crippen LogP contribution >= 0.6 is 12.4 Å². The van der Waals surface area contributed by atoms with E-state index < -0.39 is 0 Å². The first-order valence-corrected chi connectivity index (χ1v) is 5.22. The molecule has 0 radical (unpaired) electrons. The third-order valence-electron chi connectivity index (χ3n) is 2.47. The predicted octanol–water partition coefficient (Wildman–Crippen LogP) is 3.99. The summed E-state index contributed by atoms with van der Waals surface area (Å²) in [6.07, 6.45) is 7.23. The van der Waals surface area contributed by atoms with Crippen molar-refractivity contribution in [3.63, 3.8) is 0 Å². The number of halogens is 1. The molecular weight excluding hydrogens is 184 g/mol. The van der Waals surface area contributed by atoms with Gasteiger partial charge in [-0.05, 0) is 19.8 Å². The maximum absolute atomic E-state index is 11.0. The highest BCUT2D eigenvalue weighted by atomic mass is 35.5. The van der Waals surface area contributed by atoms with Crippen LogP contribution in [0.4, 0.5) is 0 Å². The van der Waals surface area contributed by atoms with E-state index in [4.69, 9.17) is 0 Å². The predicted molar refractivity (Wildman–Crippen MR) is 60.5 cm³/mol. The van der Waals surface area contributed by atoms with Crippen molar-refractivity contribution in [2.45, 2.75) is 59.3 Å². The lowest BCUT2D eigenvalue weighted by atomic mass is 9.95. The molecule has 0 amide bonds. The van der Waals surface area contributed by atoms with Crippen molar-refractivity contribution in [2.75, 3.05) is 0 Å². The fraction of sp³-hybridized carbons (Fsp3) is 0.909. The lowest BCUT2D eigenvalue weighted by Crippen LogP contribution is -2.09. The van der Waals surface area contributed by atoms with Crippen LogP contribution in [0, 0.1) is 5.92 Å². The first-order chi connectivity index (χ1) is 5.72. The Labute approximate surface area is 88.7 Å². The Morgan fingerprint density at radius 3 is 2.15 bits per heavy atom. The van der Waals surface area contributed by atoms with E-state index in [1.54, 1.807) is 6.92 Å². The van der Waals surface area contributed by atoms with Gasteiger partial charge in [0.05, 0.1) is 0 Å². The first kappa shape index (κ1) is 15.4. The monoisotopic (exact) mass is 206 g/mol. The molecule has 0 aromatic heterocycles. The Kier molecular flexibility index (Phi) is 11.9. The van der Waals surface area contributed by atoms with Crippen LogP contribution in [-0.2, 0) is 4.79 Å². The fourth-order valence-electron chi connectivity index (χ4n) is 1.51. The second-order valence-electron chi connectivity index (χ2n) is 3.57. The fourth-order valence-corrected chi connectivity index (χ4v) is 1.51. The Morgan fingerprint density at radius 2 is 1.77 bits per heavy atom. The van der Waals surface area contributed by atoms with Crippen molar-refractivity contribution in [3.05, 3.63) is 0 Å². The molecule has 0 aromatic carbocycles. The van der Waals surface area contributed by atoms with E-state index in [0.717, 1.165) is 12.8 Å². The molecule has 1 unspecified atom stereocenters. The van der Waals surface area contributed by atoms with Crippen LogP contribution in [0.3, 0.4) is 0 Å². The SMILES string of the molecule is CCCCCCC(CC)C(C)=O.Cl. The van der Waals surface area contributed by atoms with Crippen LogP contribution in [0.15, 0.2) is 0 Å². The minimum absolute atomic E-state index is 0. The molecule has 0 fully saturated rings. The summed E-state index contributed by atoms with van der Waals surface area (Å²) >= 11 is 0. The van der Waals surface area contributed by atoms with E-state index in [2.05, 4.69) is 13.8 Å². The quantitative estimate of drug-likeness (QED) is 0.576. The van der Waals surface area contributed by atoms with Gasteiger partial charge in [-0.15, -0.1) is 12.4 Å². The van der Waals surface area contributed by atoms with Crippen molar-refractivity contribution in [1.82, 2.24) is 0 Å². The number of hydrogen-bond donors (Lipinski definition) is 0. The van der Waals surface area contributed by atoms with Crippen molar-refractivity contribution >= 4 is 18.2 Å². The average molecular weight is 207 g/mol. The molecule has 0 rings (SSSR count). The number of ketones is 1. The molecule has 2 heteroatoms. The summed E-state index contributed by atoms with van der Waals surface area (Å²) in [4.78, 5) is 11.0. The van der Waals surface area contributed by atoms with Gasteiger partial charge < -0.3 is 0 Å². The topological polar surface area (TPSA) is 17.1 Å².